The molecule has 4 bridgehead atoms. The van der Waals surface area contributed by atoms with Gasteiger partial charge in [0.05, 0.1) is 5.41 Å². The van der Waals surface area contributed by atoms with Crippen molar-refractivity contribution in [2.75, 3.05) is 32.1 Å². The Kier molecular flexibility index (Phi) is 4.07. The van der Waals surface area contributed by atoms with Crippen LogP contribution in [0.2, 0.25) is 0 Å². The Balaban J connectivity index is 1.40. The third-order valence-electron chi connectivity index (χ3n) is 6.72. The fraction of sp³-hybridized carbons (Fsp3) is 0.889. The maximum absolute atomic E-state index is 13.3. The Labute approximate surface area is 143 Å². The number of rotatable bonds is 3. The molecule has 4 aliphatic carbocycles. The van der Waals surface area contributed by atoms with Crippen molar-refractivity contribution < 1.29 is 9.59 Å². The Hall–Kier alpha value is -0.770. The fourth-order valence-electron chi connectivity index (χ4n) is 6.11. The third kappa shape index (κ3) is 2.77. The lowest BCUT2D eigenvalue weighted by Crippen LogP contribution is -2.58. The topological polar surface area (TPSA) is 40.6 Å². The maximum atomic E-state index is 13.3. The highest BCUT2D eigenvalue weighted by atomic mass is 35.5. The molecule has 0 atom stereocenters. The summed E-state index contributed by atoms with van der Waals surface area (Å²) >= 11 is 5.66. The van der Waals surface area contributed by atoms with Gasteiger partial charge in [0.25, 0.3) is 0 Å². The van der Waals surface area contributed by atoms with Crippen molar-refractivity contribution in [2.24, 2.45) is 23.2 Å². The highest BCUT2D eigenvalue weighted by Gasteiger charge is 2.55. The molecular weight excluding hydrogens is 312 g/mol. The lowest BCUT2D eigenvalue weighted by atomic mass is 9.49. The minimum atomic E-state index is -0.0446. The van der Waals surface area contributed by atoms with Gasteiger partial charge in [0.1, 0.15) is 0 Å². The van der Waals surface area contributed by atoms with Crippen LogP contribution in [-0.2, 0) is 9.59 Å². The molecular formula is C18H27ClN2O2. The molecule has 5 aliphatic rings. The fourth-order valence-corrected chi connectivity index (χ4v) is 6.27. The Morgan fingerprint density at radius 1 is 0.870 bits per heavy atom. The molecule has 0 aromatic carbocycles. The van der Waals surface area contributed by atoms with Gasteiger partial charge in [-0.15, -0.1) is 11.6 Å². The van der Waals surface area contributed by atoms with Gasteiger partial charge in [-0.2, -0.15) is 0 Å². The van der Waals surface area contributed by atoms with Gasteiger partial charge in [-0.1, -0.05) is 0 Å². The summed E-state index contributed by atoms with van der Waals surface area (Å²) < 4.78 is 0. The molecule has 128 valence electrons. The van der Waals surface area contributed by atoms with Crippen molar-refractivity contribution in [1.29, 1.82) is 0 Å². The Morgan fingerprint density at radius 3 is 1.83 bits per heavy atom. The van der Waals surface area contributed by atoms with Crippen LogP contribution >= 0.6 is 11.6 Å². The number of carbonyl (C=O) groups is 2. The first-order valence-corrected chi connectivity index (χ1v) is 9.76. The first-order valence-electron chi connectivity index (χ1n) is 9.23. The number of hydrogen-bond acceptors (Lipinski definition) is 2. The molecule has 1 heterocycles. The molecule has 5 heteroatoms. The van der Waals surface area contributed by atoms with Crippen LogP contribution in [0, 0.1) is 23.2 Å². The zero-order chi connectivity index (χ0) is 16.0. The van der Waals surface area contributed by atoms with E-state index < -0.39 is 0 Å². The van der Waals surface area contributed by atoms with Gasteiger partial charge in [0.15, 0.2) is 0 Å². The van der Waals surface area contributed by atoms with Crippen LogP contribution in [0.25, 0.3) is 0 Å². The van der Waals surface area contributed by atoms with Crippen LogP contribution < -0.4 is 0 Å². The predicted molar refractivity (Wildman–Crippen MR) is 89.1 cm³/mol. The normalized spacial score (nSPS) is 38.9. The maximum Gasteiger partial charge on any atom is 0.228 e. The molecule has 5 rings (SSSR count). The summed E-state index contributed by atoms with van der Waals surface area (Å²) in [6.07, 6.45) is 7.90. The number of nitrogens with zero attached hydrogens (tertiary/aromatic N) is 2. The smallest absolute Gasteiger partial charge is 0.228 e. The summed E-state index contributed by atoms with van der Waals surface area (Å²) in [7, 11) is 0. The number of alkyl halides is 1. The number of amides is 2. The summed E-state index contributed by atoms with van der Waals surface area (Å²) in [4.78, 5) is 29.1. The molecule has 0 spiro atoms. The van der Waals surface area contributed by atoms with Gasteiger partial charge in [-0.3, -0.25) is 9.59 Å². The van der Waals surface area contributed by atoms with Gasteiger partial charge in [0.2, 0.25) is 11.8 Å². The zero-order valence-electron chi connectivity index (χ0n) is 13.8. The number of piperazine rings is 1. The second-order valence-corrected chi connectivity index (χ2v) is 8.69. The SMILES string of the molecule is O=C(CCCl)N1CCN(C(=O)C23CC4CC(CC(C4)C2)C3)CC1. The van der Waals surface area contributed by atoms with E-state index in [1.165, 1.54) is 19.3 Å². The first-order chi connectivity index (χ1) is 11.1. The summed E-state index contributed by atoms with van der Waals surface area (Å²) in [6.45, 7) is 2.75. The van der Waals surface area contributed by atoms with Crippen LogP contribution in [0.3, 0.4) is 0 Å². The average Bonchev–Trinajstić information content (AvgIpc) is 2.53. The summed E-state index contributed by atoms with van der Waals surface area (Å²) in [5, 5.41) is 0. The zero-order valence-corrected chi connectivity index (χ0v) is 14.6. The molecule has 23 heavy (non-hydrogen) atoms. The lowest BCUT2D eigenvalue weighted by molar-refractivity contribution is -0.160. The molecule has 0 aromatic heterocycles. The van der Waals surface area contributed by atoms with Crippen molar-refractivity contribution in [2.45, 2.75) is 44.9 Å². The molecule has 1 saturated heterocycles. The molecule has 0 unspecified atom stereocenters. The number of halogens is 1. The molecule has 1 aliphatic heterocycles. The lowest BCUT2D eigenvalue weighted by Gasteiger charge is -2.57. The van der Waals surface area contributed by atoms with Crippen LogP contribution in [0.4, 0.5) is 0 Å². The van der Waals surface area contributed by atoms with E-state index in [9.17, 15) is 9.59 Å². The van der Waals surface area contributed by atoms with Gasteiger partial charge < -0.3 is 9.80 Å². The van der Waals surface area contributed by atoms with Gasteiger partial charge in [-0.05, 0) is 56.3 Å². The molecule has 2 amide bonds. The molecule has 0 aromatic rings. The van der Waals surface area contributed by atoms with Gasteiger partial charge >= 0.3 is 0 Å². The summed E-state index contributed by atoms with van der Waals surface area (Å²) in [5.41, 5.74) is -0.0446. The summed E-state index contributed by atoms with van der Waals surface area (Å²) in [6, 6.07) is 0. The van der Waals surface area contributed by atoms with E-state index in [1.54, 1.807) is 0 Å². The monoisotopic (exact) mass is 338 g/mol. The first kappa shape index (κ1) is 15.7. The number of carbonyl (C=O) groups excluding carboxylic acids is 2. The predicted octanol–water partition coefficient (Wildman–Crippen LogP) is 2.50. The number of hydrogen-bond donors (Lipinski definition) is 0. The molecule has 0 radical (unpaired) electrons. The second kappa shape index (κ2) is 5.94. The minimum absolute atomic E-state index is 0.0446. The van der Waals surface area contributed by atoms with Crippen molar-refractivity contribution in [3.8, 4) is 0 Å². The van der Waals surface area contributed by atoms with Crippen LogP contribution in [-0.4, -0.2) is 53.7 Å². The van der Waals surface area contributed by atoms with E-state index in [-0.39, 0.29) is 11.3 Å². The van der Waals surface area contributed by atoms with Crippen LogP contribution in [0.1, 0.15) is 44.9 Å². The highest BCUT2D eigenvalue weighted by Crippen LogP contribution is 2.60. The van der Waals surface area contributed by atoms with E-state index in [0.29, 0.717) is 44.4 Å². The minimum Gasteiger partial charge on any atom is -0.339 e. The Morgan fingerprint density at radius 2 is 1.35 bits per heavy atom. The second-order valence-electron chi connectivity index (χ2n) is 8.31. The molecule has 5 fully saturated rings. The van der Waals surface area contributed by atoms with Crippen molar-refractivity contribution in [3.63, 3.8) is 0 Å². The largest absolute Gasteiger partial charge is 0.339 e. The van der Waals surface area contributed by atoms with E-state index in [0.717, 1.165) is 37.0 Å². The Bertz CT molecular complexity index is 464. The summed E-state index contributed by atoms with van der Waals surface area (Å²) in [5.74, 6) is 3.32. The van der Waals surface area contributed by atoms with E-state index in [2.05, 4.69) is 4.90 Å². The molecule has 4 nitrogen and oxygen atoms in total. The third-order valence-corrected chi connectivity index (χ3v) is 6.91. The quantitative estimate of drug-likeness (QED) is 0.742. The van der Waals surface area contributed by atoms with E-state index in [4.69, 9.17) is 11.6 Å². The van der Waals surface area contributed by atoms with Crippen LogP contribution in [0.15, 0.2) is 0 Å². The van der Waals surface area contributed by atoms with E-state index >= 15 is 0 Å². The van der Waals surface area contributed by atoms with Gasteiger partial charge in [0, 0.05) is 38.5 Å². The molecule has 0 N–H and O–H groups in total. The molecule has 4 saturated carbocycles. The van der Waals surface area contributed by atoms with Crippen molar-refractivity contribution in [3.05, 3.63) is 0 Å². The average molecular weight is 339 g/mol. The van der Waals surface area contributed by atoms with Crippen molar-refractivity contribution in [1.82, 2.24) is 9.80 Å². The standard InChI is InChI=1S/C18H27ClN2O2/c19-2-1-16(22)20-3-5-21(6-4-20)17(23)18-10-13-7-14(11-18)9-15(8-13)12-18/h13-15H,1-12H2. The van der Waals surface area contributed by atoms with Crippen LogP contribution in [0.5, 0.6) is 0 Å². The van der Waals surface area contributed by atoms with Crippen molar-refractivity contribution >= 4 is 23.4 Å². The van der Waals surface area contributed by atoms with E-state index in [1.807, 2.05) is 4.90 Å². The highest BCUT2D eigenvalue weighted by molar-refractivity contribution is 6.18. The van der Waals surface area contributed by atoms with Gasteiger partial charge in [-0.25, -0.2) is 0 Å².